The molecule has 142 valence electrons. The van der Waals surface area contributed by atoms with Gasteiger partial charge in [-0.1, -0.05) is 31.0 Å². The van der Waals surface area contributed by atoms with Crippen LogP contribution in [0.1, 0.15) is 37.8 Å². The molecule has 27 heavy (non-hydrogen) atoms. The van der Waals surface area contributed by atoms with Crippen LogP contribution in [0.3, 0.4) is 0 Å². The summed E-state index contributed by atoms with van der Waals surface area (Å²) in [6.07, 6.45) is 3.16. The summed E-state index contributed by atoms with van der Waals surface area (Å²) in [5.74, 6) is -0.178. The third-order valence-corrected chi connectivity index (χ3v) is 4.86. The van der Waals surface area contributed by atoms with Crippen molar-refractivity contribution in [2.45, 2.75) is 39.5 Å². The van der Waals surface area contributed by atoms with E-state index in [0.717, 1.165) is 47.0 Å². The lowest BCUT2D eigenvalue weighted by Gasteiger charge is -2.11. The summed E-state index contributed by atoms with van der Waals surface area (Å²) >= 11 is 6.22. The van der Waals surface area contributed by atoms with E-state index >= 15 is 0 Å². The van der Waals surface area contributed by atoms with Gasteiger partial charge in [-0.05, 0) is 61.2 Å². The highest BCUT2D eigenvalue weighted by Gasteiger charge is 2.19. The van der Waals surface area contributed by atoms with Gasteiger partial charge >= 0.3 is 5.97 Å². The summed E-state index contributed by atoms with van der Waals surface area (Å²) in [4.78, 5) is 15.0. The molecule has 0 atom stereocenters. The number of H-pyrrole nitrogens is 1. The van der Waals surface area contributed by atoms with Crippen molar-refractivity contribution < 1.29 is 14.6 Å². The number of hydrogen-bond acceptors (Lipinski definition) is 2. The Bertz CT molecular complexity index is 962. The van der Waals surface area contributed by atoms with Crippen molar-refractivity contribution in [2.24, 2.45) is 0 Å². The monoisotopic (exact) mass is 385 g/mol. The van der Waals surface area contributed by atoms with Crippen LogP contribution in [0.15, 0.2) is 36.4 Å². The van der Waals surface area contributed by atoms with Crippen LogP contribution in [0.5, 0.6) is 5.75 Å². The number of rotatable bonds is 8. The maximum absolute atomic E-state index is 11.6. The van der Waals surface area contributed by atoms with Crippen LogP contribution in [0.25, 0.3) is 22.2 Å². The van der Waals surface area contributed by atoms with E-state index in [1.807, 2.05) is 25.1 Å². The third kappa shape index (κ3) is 4.28. The predicted molar refractivity (Wildman–Crippen MR) is 110 cm³/mol. The quantitative estimate of drug-likeness (QED) is 0.510. The smallest absolute Gasteiger partial charge is 0.307 e. The summed E-state index contributed by atoms with van der Waals surface area (Å²) in [6, 6.07) is 11.7. The van der Waals surface area contributed by atoms with Crippen LogP contribution in [-0.2, 0) is 17.6 Å². The molecule has 0 saturated carbocycles. The fourth-order valence-electron chi connectivity index (χ4n) is 3.37. The number of hydrogen-bond donors (Lipinski definition) is 2. The number of aromatic amines is 1. The zero-order valence-corrected chi connectivity index (χ0v) is 16.4. The molecule has 0 aliphatic rings. The lowest BCUT2D eigenvalue weighted by atomic mass is 9.99. The van der Waals surface area contributed by atoms with Crippen LogP contribution in [-0.4, -0.2) is 22.7 Å². The predicted octanol–water partition coefficient (Wildman–Crippen LogP) is 5.86. The Kier molecular flexibility index (Phi) is 6.07. The third-order valence-electron chi connectivity index (χ3n) is 4.63. The number of carboxylic acid groups (broad SMARTS) is 1. The van der Waals surface area contributed by atoms with Crippen LogP contribution >= 0.6 is 11.6 Å². The molecule has 0 spiro atoms. The molecule has 1 aromatic heterocycles. The van der Waals surface area contributed by atoms with E-state index in [2.05, 4.69) is 24.0 Å². The van der Waals surface area contributed by atoms with Gasteiger partial charge in [0.2, 0.25) is 0 Å². The molecule has 0 aliphatic carbocycles. The van der Waals surface area contributed by atoms with E-state index in [1.165, 1.54) is 5.56 Å². The van der Waals surface area contributed by atoms with Gasteiger partial charge < -0.3 is 14.8 Å². The number of fused-ring (bicyclic) bond motifs is 1. The van der Waals surface area contributed by atoms with Crippen LogP contribution in [0, 0.1) is 0 Å². The summed E-state index contributed by atoms with van der Waals surface area (Å²) in [5, 5.41) is 11.0. The van der Waals surface area contributed by atoms with Gasteiger partial charge in [0.05, 0.1) is 18.7 Å². The van der Waals surface area contributed by atoms with Gasteiger partial charge in [-0.2, -0.15) is 0 Å². The minimum absolute atomic E-state index is 0.0648. The molecule has 0 amide bonds. The molecule has 0 saturated heterocycles. The van der Waals surface area contributed by atoms with E-state index in [1.54, 1.807) is 6.07 Å². The number of aromatic nitrogens is 1. The number of halogens is 1. The number of nitrogens with one attached hydrogen (secondary N) is 1. The highest BCUT2D eigenvalue weighted by molar-refractivity contribution is 6.31. The molecule has 2 aromatic carbocycles. The largest absolute Gasteiger partial charge is 0.493 e. The highest BCUT2D eigenvalue weighted by atomic mass is 35.5. The van der Waals surface area contributed by atoms with Crippen molar-refractivity contribution >= 4 is 28.5 Å². The van der Waals surface area contributed by atoms with Gasteiger partial charge in [-0.3, -0.25) is 4.79 Å². The summed E-state index contributed by atoms with van der Waals surface area (Å²) in [7, 11) is 0. The number of ether oxygens (including phenoxy) is 1. The standard InChI is InChI=1S/C22H24ClNO3/c1-3-5-6-14-7-9-19-16(11-14)17(13-21(25)26)22(24-19)18-12-15(23)8-10-20(18)27-4-2/h7-12,24H,3-6,13H2,1-2H3,(H,25,26). The molecule has 0 fully saturated rings. The number of carboxylic acids is 1. The second kappa shape index (κ2) is 8.49. The minimum atomic E-state index is -0.865. The van der Waals surface area contributed by atoms with Gasteiger partial charge in [-0.25, -0.2) is 0 Å². The van der Waals surface area contributed by atoms with E-state index in [4.69, 9.17) is 16.3 Å². The van der Waals surface area contributed by atoms with Crippen molar-refractivity contribution in [2.75, 3.05) is 6.61 Å². The molecule has 5 heteroatoms. The van der Waals surface area contributed by atoms with Crippen molar-refractivity contribution in [3.8, 4) is 17.0 Å². The maximum Gasteiger partial charge on any atom is 0.307 e. The SMILES string of the molecule is CCCCc1ccc2[nH]c(-c3cc(Cl)ccc3OCC)c(CC(=O)O)c2c1. The summed E-state index contributed by atoms with van der Waals surface area (Å²) < 4.78 is 5.75. The first-order valence-corrected chi connectivity index (χ1v) is 9.69. The first-order chi connectivity index (χ1) is 13.0. The first kappa shape index (κ1) is 19.3. The van der Waals surface area contributed by atoms with E-state index in [9.17, 15) is 9.90 Å². The molecule has 1 heterocycles. The first-order valence-electron chi connectivity index (χ1n) is 9.31. The second-order valence-corrected chi connectivity index (χ2v) is 7.04. The molecular weight excluding hydrogens is 362 g/mol. The summed E-state index contributed by atoms with van der Waals surface area (Å²) in [6.45, 7) is 4.60. The molecule has 0 bridgehead atoms. The van der Waals surface area contributed by atoms with Gasteiger partial charge in [0.1, 0.15) is 5.75 Å². The molecule has 3 aromatic rings. The van der Waals surface area contributed by atoms with E-state index in [-0.39, 0.29) is 6.42 Å². The average Bonchev–Trinajstić information content (AvgIpc) is 2.99. The normalized spacial score (nSPS) is 11.1. The van der Waals surface area contributed by atoms with Crippen LogP contribution < -0.4 is 4.74 Å². The Morgan fingerprint density at radius 2 is 2.00 bits per heavy atom. The maximum atomic E-state index is 11.6. The molecule has 2 N–H and O–H groups in total. The van der Waals surface area contributed by atoms with E-state index < -0.39 is 5.97 Å². The molecule has 4 nitrogen and oxygen atoms in total. The Labute approximate surface area is 164 Å². The number of benzene rings is 2. The Morgan fingerprint density at radius 3 is 2.70 bits per heavy atom. The van der Waals surface area contributed by atoms with Crippen molar-refractivity contribution in [3.05, 3.63) is 52.5 Å². The van der Waals surface area contributed by atoms with Gasteiger partial charge in [0.15, 0.2) is 0 Å². The van der Waals surface area contributed by atoms with Crippen molar-refractivity contribution in [3.63, 3.8) is 0 Å². The van der Waals surface area contributed by atoms with E-state index in [0.29, 0.717) is 17.4 Å². The zero-order chi connectivity index (χ0) is 19.4. The second-order valence-electron chi connectivity index (χ2n) is 6.61. The average molecular weight is 386 g/mol. The number of carbonyl (C=O) groups is 1. The Balaban J connectivity index is 2.20. The zero-order valence-electron chi connectivity index (χ0n) is 15.6. The lowest BCUT2D eigenvalue weighted by Crippen LogP contribution is -2.02. The number of aliphatic carboxylic acids is 1. The van der Waals surface area contributed by atoms with Gasteiger partial charge in [0, 0.05) is 21.5 Å². The number of unbranched alkanes of at least 4 members (excludes halogenated alkanes) is 1. The van der Waals surface area contributed by atoms with Gasteiger partial charge in [-0.15, -0.1) is 0 Å². The fraction of sp³-hybridized carbons (Fsp3) is 0.318. The highest BCUT2D eigenvalue weighted by Crippen LogP contribution is 2.38. The lowest BCUT2D eigenvalue weighted by molar-refractivity contribution is -0.136. The van der Waals surface area contributed by atoms with Crippen LogP contribution in [0.4, 0.5) is 0 Å². The van der Waals surface area contributed by atoms with Gasteiger partial charge in [0.25, 0.3) is 0 Å². The van der Waals surface area contributed by atoms with Crippen molar-refractivity contribution in [1.29, 1.82) is 0 Å². The fourth-order valence-corrected chi connectivity index (χ4v) is 3.55. The Hall–Kier alpha value is -2.46. The van der Waals surface area contributed by atoms with Crippen molar-refractivity contribution in [1.82, 2.24) is 4.98 Å². The van der Waals surface area contributed by atoms with Crippen LogP contribution in [0.2, 0.25) is 5.02 Å². The molecule has 0 radical (unpaired) electrons. The molecule has 0 unspecified atom stereocenters. The summed E-state index contributed by atoms with van der Waals surface area (Å²) in [5.41, 5.74) is 4.44. The topological polar surface area (TPSA) is 62.3 Å². The Morgan fingerprint density at radius 1 is 1.19 bits per heavy atom. The number of aryl methyl sites for hydroxylation is 1. The minimum Gasteiger partial charge on any atom is -0.493 e. The molecular formula is C22H24ClNO3. The molecule has 0 aliphatic heterocycles. The molecule has 3 rings (SSSR count).